The number of carbonyl (C=O) groups is 1. The zero-order valence-electron chi connectivity index (χ0n) is 14.6. The number of amides is 1. The molecule has 0 fully saturated rings. The zero-order valence-corrected chi connectivity index (χ0v) is 16.1. The summed E-state index contributed by atoms with van der Waals surface area (Å²) < 4.78 is 28.6. The van der Waals surface area contributed by atoms with Crippen LogP contribution >= 0.6 is 10.7 Å². The second-order valence-corrected chi connectivity index (χ2v) is 9.27. The lowest BCUT2D eigenvalue weighted by Crippen LogP contribution is -2.35. The van der Waals surface area contributed by atoms with Crippen LogP contribution in [0.25, 0.3) is 4.91 Å². The third-order valence-corrected chi connectivity index (χ3v) is 4.95. The summed E-state index contributed by atoms with van der Waals surface area (Å²) in [6, 6.07) is 5.42. The first-order chi connectivity index (χ1) is 11.6. The number of carbonyl (C=O) groups excluding carboxylic acids is 1. The lowest BCUT2D eigenvalue weighted by Gasteiger charge is -2.21. The Labute approximate surface area is 153 Å². The molecule has 0 heterocycles. The van der Waals surface area contributed by atoms with Crippen molar-refractivity contribution < 1.29 is 17.9 Å². The van der Waals surface area contributed by atoms with Crippen LogP contribution in [-0.4, -0.2) is 33.2 Å². The van der Waals surface area contributed by atoms with Gasteiger partial charge in [-0.05, 0) is 50.8 Å². The molecule has 1 aromatic rings. The summed E-state index contributed by atoms with van der Waals surface area (Å²) in [7, 11) is 1.75. The number of benzene rings is 1. The van der Waals surface area contributed by atoms with E-state index in [-0.39, 0.29) is 4.91 Å². The van der Waals surface area contributed by atoms with Gasteiger partial charge in [0.2, 0.25) is 0 Å². The lowest BCUT2D eigenvalue weighted by atomic mass is 9.95. The molecule has 25 heavy (non-hydrogen) atoms. The summed E-state index contributed by atoms with van der Waals surface area (Å²) >= 11 is 0. The Balaban J connectivity index is 1.99. The van der Waals surface area contributed by atoms with Gasteiger partial charge in [-0.2, -0.15) is 0 Å². The van der Waals surface area contributed by atoms with Crippen LogP contribution < -0.4 is 10.6 Å². The van der Waals surface area contributed by atoms with Crippen molar-refractivity contribution in [2.45, 2.75) is 39.2 Å². The number of allylic oxidation sites excluding steroid dienone is 1. The molecule has 0 unspecified atom stereocenters. The van der Waals surface area contributed by atoms with Crippen molar-refractivity contribution in [2.24, 2.45) is 0 Å². The molecule has 1 amide bonds. The molecule has 0 atom stereocenters. The molecule has 0 spiro atoms. The van der Waals surface area contributed by atoms with Gasteiger partial charge in [0.15, 0.2) is 0 Å². The molecule has 0 aliphatic heterocycles. The molecule has 0 radical (unpaired) electrons. The van der Waals surface area contributed by atoms with Crippen LogP contribution in [0.4, 0.5) is 10.5 Å². The van der Waals surface area contributed by atoms with E-state index in [1.807, 2.05) is 6.07 Å². The molecule has 8 heteroatoms. The smallest absolute Gasteiger partial charge is 0.407 e. The zero-order chi connectivity index (χ0) is 18.7. The Hall–Kier alpha value is -1.73. The Morgan fingerprint density at radius 1 is 1.28 bits per heavy atom. The molecule has 2 N–H and O–H groups in total. The molecule has 0 saturated carbocycles. The van der Waals surface area contributed by atoms with E-state index in [0.717, 1.165) is 17.7 Å². The van der Waals surface area contributed by atoms with Gasteiger partial charge in [-0.15, -0.1) is 0 Å². The fraction of sp³-hybridized carbons (Fsp3) is 0.471. The van der Waals surface area contributed by atoms with E-state index < -0.39 is 20.7 Å². The van der Waals surface area contributed by atoms with Crippen molar-refractivity contribution in [3.63, 3.8) is 0 Å². The van der Waals surface area contributed by atoms with Gasteiger partial charge < -0.3 is 15.4 Å². The molecule has 1 aliphatic rings. The predicted molar refractivity (Wildman–Crippen MR) is 100 cm³/mol. The van der Waals surface area contributed by atoms with Crippen molar-refractivity contribution in [1.82, 2.24) is 5.32 Å². The molecule has 138 valence electrons. The van der Waals surface area contributed by atoms with E-state index in [2.05, 4.69) is 10.6 Å². The number of nitrogens with one attached hydrogen (secondary N) is 2. The number of ether oxygens (including phenoxy) is 1. The molecular formula is C17H23ClN2O4S. The maximum absolute atomic E-state index is 11.7. The van der Waals surface area contributed by atoms with Crippen LogP contribution in [0.3, 0.4) is 0 Å². The SMILES string of the molecule is CC(C)(C)OC(=O)NCCNc1cccc2c1CCC=C2S(=O)(=O)Cl. The average molecular weight is 387 g/mol. The molecule has 0 saturated heterocycles. The number of alkyl carbamates (subject to hydrolysis) is 1. The summed E-state index contributed by atoms with van der Waals surface area (Å²) in [6.07, 6.45) is 2.53. The molecular weight excluding hydrogens is 364 g/mol. The van der Waals surface area contributed by atoms with Gasteiger partial charge in [-0.1, -0.05) is 18.2 Å². The van der Waals surface area contributed by atoms with E-state index in [0.29, 0.717) is 25.1 Å². The standard InChI is InChI=1S/C17H23ClN2O4S/c1-17(2,3)24-16(21)20-11-10-19-14-8-4-7-13-12(14)6-5-9-15(13)25(18,22)23/h4,7-9,19H,5-6,10-11H2,1-3H3,(H,20,21). The molecule has 0 bridgehead atoms. The summed E-state index contributed by atoms with van der Waals surface area (Å²) in [4.78, 5) is 11.8. The molecule has 1 aliphatic carbocycles. The van der Waals surface area contributed by atoms with Gasteiger partial charge in [-0.3, -0.25) is 0 Å². The van der Waals surface area contributed by atoms with Crippen LogP contribution in [0, 0.1) is 0 Å². The third-order valence-electron chi connectivity index (χ3n) is 3.54. The minimum atomic E-state index is -3.78. The molecule has 1 aromatic carbocycles. The minimum absolute atomic E-state index is 0.158. The van der Waals surface area contributed by atoms with Crippen molar-refractivity contribution in [1.29, 1.82) is 0 Å². The Morgan fingerprint density at radius 3 is 2.64 bits per heavy atom. The quantitative estimate of drug-likeness (QED) is 0.597. The molecule has 2 rings (SSSR count). The second-order valence-electron chi connectivity index (χ2n) is 6.73. The highest BCUT2D eigenvalue weighted by Gasteiger charge is 2.23. The summed E-state index contributed by atoms with van der Waals surface area (Å²) in [6.45, 7) is 6.28. The van der Waals surface area contributed by atoms with Crippen molar-refractivity contribution in [3.8, 4) is 0 Å². The maximum atomic E-state index is 11.7. The average Bonchev–Trinajstić information content (AvgIpc) is 2.48. The first-order valence-corrected chi connectivity index (χ1v) is 10.4. The maximum Gasteiger partial charge on any atom is 0.407 e. The highest BCUT2D eigenvalue weighted by Crippen LogP contribution is 2.35. The van der Waals surface area contributed by atoms with Crippen LogP contribution in [0.15, 0.2) is 24.3 Å². The Morgan fingerprint density at radius 2 is 2.00 bits per heavy atom. The van der Waals surface area contributed by atoms with Crippen molar-refractivity contribution in [3.05, 3.63) is 35.4 Å². The number of anilines is 1. The highest BCUT2D eigenvalue weighted by molar-refractivity contribution is 8.21. The summed E-state index contributed by atoms with van der Waals surface area (Å²) in [5.41, 5.74) is 1.86. The monoisotopic (exact) mass is 386 g/mol. The molecule has 0 aromatic heterocycles. The third kappa shape index (κ3) is 5.64. The van der Waals surface area contributed by atoms with Crippen LogP contribution in [0.5, 0.6) is 0 Å². The van der Waals surface area contributed by atoms with Gasteiger partial charge in [0.25, 0.3) is 9.05 Å². The van der Waals surface area contributed by atoms with E-state index in [4.69, 9.17) is 15.4 Å². The minimum Gasteiger partial charge on any atom is -0.444 e. The number of halogens is 1. The topological polar surface area (TPSA) is 84.5 Å². The van der Waals surface area contributed by atoms with Crippen LogP contribution in [0.1, 0.15) is 38.3 Å². The van der Waals surface area contributed by atoms with Crippen LogP contribution in [-0.2, 0) is 20.2 Å². The normalized spacial score (nSPS) is 14.3. The number of rotatable bonds is 5. The van der Waals surface area contributed by atoms with Gasteiger partial charge in [0.1, 0.15) is 5.60 Å². The van der Waals surface area contributed by atoms with E-state index in [9.17, 15) is 13.2 Å². The van der Waals surface area contributed by atoms with Gasteiger partial charge in [0.05, 0.1) is 4.91 Å². The lowest BCUT2D eigenvalue weighted by molar-refractivity contribution is 0.0530. The Kier molecular flexibility index (Phi) is 6.00. The molecule has 6 nitrogen and oxygen atoms in total. The van der Waals surface area contributed by atoms with E-state index >= 15 is 0 Å². The van der Waals surface area contributed by atoms with Gasteiger partial charge in [-0.25, -0.2) is 13.2 Å². The summed E-state index contributed by atoms with van der Waals surface area (Å²) in [5, 5.41) is 5.90. The first-order valence-electron chi connectivity index (χ1n) is 8.06. The van der Waals surface area contributed by atoms with E-state index in [1.165, 1.54) is 0 Å². The van der Waals surface area contributed by atoms with E-state index in [1.54, 1.807) is 39.0 Å². The number of hydrogen-bond donors (Lipinski definition) is 2. The van der Waals surface area contributed by atoms with Crippen molar-refractivity contribution in [2.75, 3.05) is 18.4 Å². The second kappa shape index (κ2) is 7.66. The van der Waals surface area contributed by atoms with Crippen LogP contribution in [0.2, 0.25) is 0 Å². The fourth-order valence-corrected chi connectivity index (χ4v) is 3.83. The number of hydrogen-bond acceptors (Lipinski definition) is 5. The predicted octanol–water partition coefficient (Wildman–Crippen LogP) is 3.48. The van der Waals surface area contributed by atoms with Gasteiger partial charge in [0, 0.05) is 29.5 Å². The largest absolute Gasteiger partial charge is 0.444 e. The van der Waals surface area contributed by atoms with Crippen molar-refractivity contribution >= 4 is 36.4 Å². The summed E-state index contributed by atoms with van der Waals surface area (Å²) in [5.74, 6) is 0. The Bertz CT molecular complexity index is 782. The first kappa shape index (κ1) is 19.6. The van der Waals surface area contributed by atoms with Gasteiger partial charge >= 0.3 is 6.09 Å². The highest BCUT2D eigenvalue weighted by atomic mass is 35.7. The number of fused-ring (bicyclic) bond motifs is 1. The fourth-order valence-electron chi connectivity index (χ4n) is 2.62.